The van der Waals surface area contributed by atoms with Crippen molar-refractivity contribution in [2.24, 2.45) is 0 Å². The van der Waals surface area contributed by atoms with Crippen LogP contribution in [0.3, 0.4) is 0 Å². The molecule has 0 atom stereocenters. The van der Waals surface area contributed by atoms with Crippen LogP contribution in [0.5, 0.6) is 0 Å². The fraction of sp³-hybridized carbons (Fsp3) is 0.250. The second-order valence-electron chi connectivity index (χ2n) is 8.35. The Bertz CT molecular complexity index is 1280. The smallest absolute Gasteiger partial charge is 0.303 e. The summed E-state index contributed by atoms with van der Waals surface area (Å²) in [6, 6.07) is 11.4. The van der Waals surface area contributed by atoms with E-state index in [4.69, 9.17) is 0 Å². The molecular weight excluding hydrogens is 427 g/mol. The van der Waals surface area contributed by atoms with Gasteiger partial charge in [0, 0.05) is 17.2 Å². The minimum atomic E-state index is -4.95. The highest BCUT2D eigenvalue weighted by Gasteiger charge is 2.37. The largest absolute Gasteiger partial charge is 0.417 e. The van der Waals surface area contributed by atoms with Crippen LogP contribution in [0.15, 0.2) is 53.3 Å². The van der Waals surface area contributed by atoms with Crippen LogP contribution in [0.1, 0.15) is 43.0 Å². The van der Waals surface area contributed by atoms with E-state index in [1.54, 1.807) is 24.3 Å². The quantitative estimate of drug-likeness (QED) is 0.461. The van der Waals surface area contributed by atoms with Gasteiger partial charge in [0.15, 0.2) is 0 Å². The van der Waals surface area contributed by atoms with Gasteiger partial charge in [0.2, 0.25) is 0 Å². The highest BCUT2D eigenvalue weighted by atomic mass is 19.4. The maximum atomic E-state index is 14.3. The zero-order chi connectivity index (χ0) is 23.8. The van der Waals surface area contributed by atoms with Gasteiger partial charge in [-0.15, -0.1) is 0 Å². The van der Waals surface area contributed by atoms with Gasteiger partial charge in [0.1, 0.15) is 23.3 Å². The Labute approximate surface area is 181 Å². The third-order valence-electron chi connectivity index (χ3n) is 5.07. The van der Waals surface area contributed by atoms with Crippen LogP contribution < -0.4 is 5.56 Å². The van der Waals surface area contributed by atoms with Gasteiger partial charge in [0.25, 0.3) is 5.56 Å². The fourth-order valence-corrected chi connectivity index (χ4v) is 3.54. The predicted molar refractivity (Wildman–Crippen MR) is 110 cm³/mol. The number of hydrogen-bond acceptors (Lipinski definition) is 2. The second-order valence-corrected chi connectivity index (χ2v) is 8.35. The molecule has 0 aliphatic rings. The zero-order valence-electron chi connectivity index (χ0n) is 17.5. The lowest BCUT2D eigenvalue weighted by Gasteiger charge is -2.25. The molecule has 0 radical (unpaired) electrons. The molecule has 8 heteroatoms. The van der Waals surface area contributed by atoms with E-state index >= 15 is 0 Å². The van der Waals surface area contributed by atoms with E-state index in [0.717, 1.165) is 22.8 Å². The molecule has 0 unspecified atom stereocenters. The van der Waals surface area contributed by atoms with E-state index in [-0.39, 0.29) is 11.3 Å². The molecule has 3 rings (SSSR count). The van der Waals surface area contributed by atoms with Gasteiger partial charge < -0.3 is 4.57 Å². The molecule has 166 valence electrons. The summed E-state index contributed by atoms with van der Waals surface area (Å²) >= 11 is 0. The van der Waals surface area contributed by atoms with Crippen molar-refractivity contribution in [3.8, 4) is 17.3 Å². The predicted octanol–water partition coefficient (Wildman–Crippen LogP) is 6.03. The number of aromatic nitrogens is 1. The van der Waals surface area contributed by atoms with E-state index in [1.165, 1.54) is 6.07 Å². The number of hydrogen-bond donors (Lipinski definition) is 0. The Hall–Kier alpha value is -3.47. The van der Waals surface area contributed by atoms with Crippen LogP contribution in [0.2, 0.25) is 0 Å². The number of alkyl halides is 3. The topological polar surface area (TPSA) is 45.8 Å². The first-order valence-corrected chi connectivity index (χ1v) is 9.63. The summed E-state index contributed by atoms with van der Waals surface area (Å²) in [6.07, 6.45) is -4.95. The molecule has 0 saturated heterocycles. The van der Waals surface area contributed by atoms with E-state index < -0.39 is 46.5 Å². The molecule has 2 aromatic carbocycles. The Morgan fingerprint density at radius 1 is 0.969 bits per heavy atom. The Morgan fingerprint density at radius 3 is 2.19 bits per heavy atom. The normalized spacial score (nSPS) is 12.0. The zero-order valence-corrected chi connectivity index (χ0v) is 17.5. The molecule has 0 spiro atoms. The third kappa shape index (κ3) is 4.42. The Kier molecular flexibility index (Phi) is 5.96. The minimum Gasteiger partial charge on any atom is -0.303 e. The molecule has 0 aliphatic heterocycles. The summed E-state index contributed by atoms with van der Waals surface area (Å²) < 4.78 is 69.7. The van der Waals surface area contributed by atoms with Crippen LogP contribution >= 0.6 is 0 Å². The van der Waals surface area contributed by atoms with Crippen LogP contribution in [0.25, 0.3) is 11.3 Å². The molecule has 3 nitrogen and oxygen atoms in total. The molecule has 3 aromatic rings. The van der Waals surface area contributed by atoms with E-state index in [0.29, 0.717) is 17.2 Å². The number of pyridine rings is 1. The average molecular weight is 446 g/mol. The van der Waals surface area contributed by atoms with Crippen molar-refractivity contribution in [1.82, 2.24) is 4.57 Å². The first-order chi connectivity index (χ1) is 14.8. The molecule has 0 bridgehead atoms. The summed E-state index contributed by atoms with van der Waals surface area (Å²) in [5.74, 6) is -1.78. The van der Waals surface area contributed by atoms with Crippen molar-refractivity contribution in [3.05, 3.63) is 92.8 Å². The molecule has 0 aliphatic carbocycles. The monoisotopic (exact) mass is 446 g/mol. The van der Waals surface area contributed by atoms with Crippen LogP contribution in [-0.4, -0.2) is 4.57 Å². The fourth-order valence-electron chi connectivity index (χ4n) is 3.54. The molecule has 1 heterocycles. The maximum absolute atomic E-state index is 14.3. The first kappa shape index (κ1) is 23.2. The van der Waals surface area contributed by atoms with Crippen molar-refractivity contribution in [1.29, 1.82) is 5.26 Å². The Morgan fingerprint density at radius 2 is 1.62 bits per heavy atom. The van der Waals surface area contributed by atoms with Crippen LogP contribution in [0.4, 0.5) is 22.0 Å². The van der Waals surface area contributed by atoms with Crippen molar-refractivity contribution in [2.45, 2.75) is 38.9 Å². The van der Waals surface area contributed by atoms with Crippen molar-refractivity contribution < 1.29 is 22.0 Å². The van der Waals surface area contributed by atoms with E-state index in [9.17, 15) is 32.0 Å². The van der Waals surface area contributed by atoms with Crippen molar-refractivity contribution in [2.75, 3.05) is 0 Å². The van der Waals surface area contributed by atoms with Gasteiger partial charge in [-0.25, -0.2) is 8.78 Å². The third-order valence-corrected chi connectivity index (χ3v) is 5.07. The molecule has 0 saturated carbocycles. The Balaban J connectivity index is 2.41. The minimum absolute atomic E-state index is 0.105. The number of halogens is 5. The first-order valence-electron chi connectivity index (χ1n) is 9.63. The molecule has 0 fully saturated rings. The van der Waals surface area contributed by atoms with Gasteiger partial charge >= 0.3 is 6.18 Å². The van der Waals surface area contributed by atoms with Crippen molar-refractivity contribution in [3.63, 3.8) is 0 Å². The molecule has 0 N–H and O–H groups in total. The van der Waals surface area contributed by atoms with E-state index in [1.807, 2.05) is 20.8 Å². The number of benzene rings is 2. The lowest BCUT2D eigenvalue weighted by molar-refractivity contribution is -0.137. The van der Waals surface area contributed by atoms with Gasteiger partial charge in [0.05, 0.1) is 17.8 Å². The summed E-state index contributed by atoms with van der Waals surface area (Å²) in [7, 11) is 0. The summed E-state index contributed by atoms with van der Waals surface area (Å²) in [4.78, 5) is 13.0. The molecule has 1 aromatic heterocycles. The summed E-state index contributed by atoms with van der Waals surface area (Å²) in [6.45, 7) is 5.11. The standard InChI is InChI=1S/C24H19F5N2O/c1-23(2,3)18-7-5-4-6-16(18)21-11-19(24(27,28)29)17(12-30)22(32)31(21)13-14-8-9-15(25)10-20(14)26/h4-11H,13H2,1-3H3. The summed E-state index contributed by atoms with van der Waals surface area (Å²) in [5.41, 5.74) is -3.37. The average Bonchev–Trinajstić information content (AvgIpc) is 2.69. The van der Waals surface area contributed by atoms with Crippen LogP contribution in [-0.2, 0) is 18.1 Å². The molecular formula is C24H19F5N2O. The van der Waals surface area contributed by atoms with Gasteiger partial charge in [-0.05, 0) is 23.1 Å². The highest BCUT2D eigenvalue weighted by molar-refractivity contribution is 5.68. The molecule has 0 amide bonds. The van der Waals surface area contributed by atoms with Gasteiger partial charge in [-0.2, -0.15) is 18.4 Å². The maximum Gasteiger partial charge on any atom is 0.417 e. The lowest BCUT2D eigenvalue weighted by Crippen LogP contribution is -2.29. The van der Waals surface area contributed by atoms with Gasteiger partial charge in [-0.1, -0.05) is 51.1 Å². The van der Waals surface area contributed by atoms with Crippen LogP contribution in [0, 0.1) is 23.0 Å². The van der Waals surface area contributed by atoms with Crippen molar-refractivity contribution >= 4 is 0 Å². The number of nitrogens with zero attached hydrogens (tertiary/aromatic N) is 2. The summed E-state index contributed by atoms with van der Waals surface area (Å²) in [5, 5.41) is 9.30. The highest BCUT2D eigenvalue weighted by Crippen LogP contribution is 2.37. The van der Waals surface area contributed by atoms with Gasteiger partial charge in [-0.3, -0.25) is 4.79 Å². The lowest BCUT2D eigenvalue weighted by atomic mass is 9.82. The SMILES string of the molecule is CC(C)(C)c1ccccc1-c1cc(C(F)(F)F)c(C#N)c(=O)n1Cc1ccc(F)cc1F. The molecule has 32 heavy (non-hydrogen) atoms. The second kappa shape index (κ2) is 8.23. The van der Waals surface area contributed by atoms with E-state index in [2.05, 4.69) is 0 Å². The number of rotatable bonds is 3. The number of nitriles is 1.